The minimum absolute atomic E-state index is 0.232. The van der Waals surface area contributed by atoms with Gasteiger partial charge in [-0.2, -0.15) is 0 Å². The predicted octanol–water partition coefficient (Wildman–Crippen LogP) is 2.81. The molecule has 31 heavy (non-hydrogen) atoms. The number of hydrogen-bond donors (Lipinski definition) is 2. The Morgan fingerprint density at radius 2 is 1.84 bits per heavy atom. The zero-order valence-electron chi connectivity index (χ0n) is 17.8. The van der Waals surface area contributed by atoms with E-state index in [0.717, 1.165) is 74.0 Å². The van der Waals surface area contributed by atoms with E-state index in [-0.39, 0.29) is 18.6 Å². The first-order chi connectivity index (χ1) is 15.0. The second kappa shape index (κ2) is 9.69. The average molecular weight is 448 g/mol. The van der Waals surface area contributed by atoms with Crippen LogP contribution < -0.4 is 4.90 Å². The summed E-state index contributed by atoms with van der Waals surface area (Å²) in [5.74, 6) is 2.21. The van der Waals surface area contributed by atoms with Crippen molar-refractivity contribution in [3.63, 3.8) is 0 Å². The van der Waals surface area contributed by atoms with Crippen LogP contribution in [0.25, 0.3) is 10.9 Å². The Kier molecular flexibility index (Phi) is 6.96. The van der Waals surface area contributed by atoms with E-state index in [0.29, 0.717) is 11.8 Å². The molecule has 0 unspecified atom stereocenters. The first kappa shape index (κ1) is 22.3. The van der Waals surface area contributed by atoms with E-state index in [1.54, 1.807) is 0 Å². The maximum atomic E-state index is 10.8. The largest absolute Gasteiger partial charge is 0.483 e. The lowest BCUT2D eigenvalue weighted by Crippen LogP contribution is -2.53. The number of aliphatic hydroxyl groups is 1. The quantitative estimate of drug-likeness (QED) is 0.684. The first-order valence-corrected chi connectivity index (χ1v) is 11.3. The number of anilines is 1. The molecule has 3 fully saturated rings. The summed E-state index contributed by atoms with van der Waals surface area (Å²) in [4.78, 5) is 18.1. The molecule has 2 aliphatic heterocycles. The summed E-state index contributed by atoms with van der Waals surface area (Å²) in [7, 11) is 0. The number of pyridine rings is 1. The van der Waals surface area contributed by atoms with Gasteiger partial charge in [-0.25, -0.2) is 4.98 Å². The maximum absolute atomic E-state index is 10.8. The molecule has 3 heterocycles. The number of rotatable bonds is 2. The molecule has 168 valence electrons. The van der Waals surface area contributed by atoms with Crippen molar-refractivity contribution in [2.24, 2.45) is 11.8 Å². The Morgan fingerprint density at radius 3 is 2.55 bits per heavy atom. The fourth-order valence-corrected chi connectivity index (χ4v) is 5.58. The molecule has 5 rings (SSSR count). The molecule has 8 heteroatoms. The second-order valence-electron chi connectivity index (χ2n) is 8.74. The smallest absolute Gasteiger partial charge is 0.290 e. The maximum Gasteiger partial charge on any atom is 0.290 e. The molecule has 0 amide bonds. The third kappa shape index (κ3) is 4.80. The number of halogens is 1. The zero-order valence-corrected chi connectivity index (χ0v) is 18.5. The van der Waals surface area contributed by atoms with E-state index < -0.39 is 0 Å². The Morgan fingerprint density at radius 1 is 1.16 bits per heavy atom. The molecule has 0 radical (unpaired) electrons. The summed E-state index contributed by atoms with van der Waals surface area (Å²) in [5.41, 5.74) is 2.20. The number of morpholine rings is 1. The number of aromatic nitrogens is 1. The van der Waals surface area contributed by atoms with E-state index in [1.165, 1.54) is 5.56 Å². The second-order valence-corrected chi connectivity index (χ2v) is 9.18. The highest BCUT2D eigenvalue weighted by molar-refractivity contribution is 6.31. The molecule has 3 aliphatic rings. The SMILES string of the molecule is Cc1cc(N2C[C@H]3C[C@@H](N4CCOCC4)[C@H](O)C[C@H]3C2)nc2cc(Cl)ccc12.O=CO. The van der Waals surface area contributed by atoms with Crippen LogP contribution in [0.15, 0.2) is 24.3 Å². The van der Waals surface area contributed by atoms with Crippen LogP contribution in [0.3, 0.4) is 0 Å². The average Bonchev–Trinajstić information content (AvgIpc) is 3.17. The van der Waals surface area contributed by atoms with Gasteiger partial charge in [-0.15, -0.1) is 0 Å². The molecule has 0 spiro atoms. The molecule has 2 aromatic rings. The standard InChI is InChI=1S/C22H28ClN3O2.CH2O2/c1-14-8-22(24-19-11-17(23)2-3-18(14)19)26-12-15-9-20(21(27)10-16(15)13-26)25-4-6-28-7-5-25;2-1-3/h2-3,8,11,15-16,20-21,27H,4-7,9-10,12-13H2,1H3;1H,(H,2,3)/t15-,16+,20-,21-;/m1./s1. The van der Waals surface area contributed by atoms with Gasteiger partial charge in [0.05, 0.1) is 24.8 Å². The van der Waals surface area contributed by atoms with E-state index >= 15 is 0 Å². The minimum atomic E-state index is -0.250. The van der Waals surface area contributed by atoms with Crippen LogP contribution in [-0.4, -0.2) is 78.1 Å². The predicted molar refractivity (Wildman–Crippen MR) is 121 cm³/mol. The fourth-order valence-electron chi connectivity index (χ4n) is 5.42. The number of aliphatic hydroxyl groups excluding tert-OH is 1. The molecule has 4 atom stereocenters. The van der Waals surface area contributed by atoms with Crippen molar-refractivity contribution in [3.05, 3.63) is 34.9 Å². The third-order valence-corrected chi connectivity index (χ3v) is 7.15. The van der Waals surface area contributed by atoms with Gasteiger partial charge >= 0.3 is 0 Å². The van der Waals surface area contributed by atoms with Gasteiger partial charge in [-0.1, -0.05) is 17.7 Å². The number of hydrogen-bond acceptors (Lipinski definition) is 6. The van der Waals surface area contributed by atoms with Crippen molar-refractivity contribution in [1.82, 2.24) is 9.88 Å². The van der Waals surface area contributed by atoms with Gasteiger partial charge in [0.2, 0.25) is 0 Å². The number of fused-ring (bicyclic) bond motifs is 2. The van der Waals surface area contributed by atoms with E-state index in [1.807, 2.05) is 12.1 Å². The summed E-state index contributed by atoms with van der Waals surface area (Å²) in [6, 6.07) is 8.40. The number of aryl methyl sites for hydroxylation is 1. The van der Waals surface area contributed by atoms with E-state index in [9.17, 15) is 5.11 Å². The Hall–Kier alpha value is -1.93. The minimum Gasteiger partial charge on any atom is -0.483 e. The van der Waals surface area contributed by atoms with Crippen LogP contribution in [0.5, 0.6) is 0 Å². The third-order valence-electron chi connectivity index (χ3n) is 6.91. The molecule has 1 aromatic heterocycles. The lowest BCUT2D eigenvalue weighted by Gasteiger charge is -2.43. The van der Waals surface area contributed by atoms with Crippen molar-refractivity contribution in [2.45, 2.75) is 31.9 Å². The van der Waals surface area contributed by atoms with Gasteiger partial charge in [0.15, 0.2) is 0 Å². The summed E-state index contributed by atoms with van der Waals surface area (Å²) in [5, 5.41) is 19.6. The van der Waals surface area contributed by atoms with Crippen LogP contribution in [0.4, 0.5) is 5.82 Å². The van der Waals surface area contributed by atoms with E-state index in [4.69, 9.17) is 31.2 Å². The number of nitrogens with zero attached hydrogens (tertiary/aromatic N) is 3. The Bertz CT molecular complexity index is 921. The van der Waals surface area contributed by atoms with Crippen molar-refractivity contribution >= 4 is 34.8 Å². The van der Waals surface area contributed by atoms with Crippen molar-refractivity contribution in [3.8, 4) is 0 Å². The number of ether oxygens (including phenoxy) is 1. The zero-order chi connectivity index (χ0) is 22.0. The summed E-state index contributed by atoms with van der Waals surface area (Å²) < 4.78 is 5.49. The molecular formula is C23H30ClN3O4. The lowest BCUT2D eigenvalue weighted by atomic mass is 9.77. The Labute approximate surface area is 187 Å². The highest BCUT2D eigenvalue weighted by Gasteiger charge is 2.44. The van der Waals surface area contributed by atoms with Crippen LogP contribution in [-0.2, 0) is 9.53 Å². The normalized spacial score (nSPS) is 28.7. The van der Waals surface area contributed by atoms with E-state index in [2.05, 4.69) is 28.9 Å². The van der Waals surface area contributed by atoms with Gasteiger partial charge in [-0.3, -0.25) is 9.69 Å². The number of carboxylic acid groups (broad SMARTS) is 1. The van der Waals surface area contributed by atoms with Crippen molar-refractivity contribution < 1.29 is 19.7 Å². The summed E-state index contributed by atoms with van der Waals surface area (Å²) in [6.45, 7) is 7.35. The molecule has 2 N–H and O–H groups in total. The summed E-state index contributed by atoms with van der Waals surface area (Å²) in [6.07, 6.45) is 1.73. The molecule has 0 bridgehead atoms. The van der Waals surface area contributed by atoms with Gasteiger partial charge in [0, 0.05) is 42.6 Å². The topological polar surface area (TPSA) is 86.1 Å². The number of benzene rings is 1. The van der Waals surface area contributed by atoms with Gasteiger partial charge in [-0.05, 0) is 55.4 Å². The fraction of sp³-hybridized carbons (Fsp3) is 0.565. The molecule has 1 aliphatic carbocycles. The number of carbonyl (C=O) groups is 1. The monoisotopic (exact) mass is 447 g/mol. The summed E-state index contributed by atoms with van der Waals surface area (Å²) >= 11 is 6.19. The molecule has 7 nitrogen and oxygen atoms in total. The first-order valence-electron chi connectivity index (χ1n) is 10.9. The highest BCUT2D eigenvalue weighted by atomic mass is 35.5. The van der Waals surface area contributed by atoms with Gasteiger partial charge in [0.25, 0.3) is 6.47 Å². The molecule has 1 aromatic carbocycles. The Balaban J connectivity index is 0.000000730. The van der Waals surface area contributed by atoms with Gasteiger partial charge < -0.3 is 19.8 Å². The van der Waals surface area contributed by atoms with Crippen LogP contribution >= 0.6 is 11.6 Å². The van der Waals surface area contributed by atoms with Crippen molar-refractivity contribution in [1.29, 1.82) is 0 Å². The lowest BCUT2D eigenvalue weighted by molar-refractivity contribution is -0.122. The van der Waals surface area contributed by atoms with Crippen LogP contribution in [0.1, 0.15) is 18.4 Å². The van der Waals surface area contributed by atoms with Crippen LogP contribution in [0.2, 0.25) is 5.02 Å². The molecular weight excluding hydrogens is 418 g/mol. The highest BCUT2D eigenvalue weighted by Crippen LogP contribution is 2.40. The van der Waals surface area contributed by atoms with Crippen LogP contribution in [0, 0.1) is 18.8 Å². The molecule has 1 saturated carbocycles. The van der Waals surface area contributed by atoms with Gasteiger partial charge in [0.1, 0.15) is 5.82 Å². The van der Waals surface area contributed by atoms with Crippen molar-refractivity contribution in [2.75, 3.05) is 44.3 Å². The molecule has 2 saturated heterocycles.